The van der Waals surface area contributed by atoms with E-state index in [-0.39, 0.29) is 12.3 Å². The van der Waals surface area contributed by atoms with Gasteiger partial charge in [-0.1, -0.05) is 11.6 Å². The van der Waals surface area contributed by atoms with Crippen molar-refractivity contribution in [1.29, 1.82) is 0 Å². The Morgan fingerprint density at radius 2 is 2.22 bits per heavy atom. The second-order valence-electron chi connectivity index (χ2n) is 6.61. The summed E-state index contributed by atoms with van der Waals surface area (Å²) in [5, 5.41) is 9.62. The molecule has 0 spiro atoms. The Labute approximate surface area is 167 Å². The number of amides is 1. The van der Waals surface area contributed by atoms with E-state index in [9.17, 15) is 9.59 Å². The normalized spacial score (nSPS) is 15.1. The van der Waals surface area contributed by atoms with Gasteiger partial charge < -0.3 is 10.1 Å². The topological polar surface area (TPSA) is 68.3 Å². The van der Waals surface area contributed by atoms with E-state index in [0.29, 0.717) is 12.2 Å². The predicted molar refractivity (Wildman–Crippen MR) is 109 cm³/mol. The zero-order chi connectivity index (χ0) is 19.1. The maximum atomic E-state index is 12.1. The minimum atomic E-state index is -0.798. The maximum absolute atomic E-state index is 12.1. The Balaban J connectivity index is 1.40. The molecule has 1 N–H and O–H groups in total. The third kappa shape index (κ3) is 6.01. The van der Waals surface area contributed by atoms with E-state index in [4.69, 9.17) is 4.74 Å². The lowest BCUT2D eigenvalue weighted by molar-refractivity contribution is -0.154. The van der Waals surface area contributed by atoms with E-state index in [1.165, 1.54) is 29.8 Å². The van der Waals surface area contributed by atoms with Crippen LogP contribution in [0.5, 0.6) is 0 Å². The molecule has 0 aromatic carbocycles. The van der Waals surface area contributed by atoms with Gasteiger partial charge in [0.2, 0.25) is 0 Å². The number of carbonyl (C=O) groups excluding carboxylic acids is 2. The fourth-order valence-corrected chi connectivity index (χ4v) is 4.50. The van der Waals surface area contributed by atoms with Gasteiger partial charge in [0.25, 0.3) is 5.91 Å². The van der Waals surface area contributed by atoms with E-state index < -0.39 is 12.1 Å². The number of hydrogen-bond acceptors (Lipinski definition) is 6. The average Bonchev–Trinajstić information content (AvgIpc) is 3.34. The smallest absolute Gasteiger partial charge is 0.312 e. The van der Waals surface area contributed by atoms with E-state index >= 15 is 0 Å². The Bertz CT molecular complexity index is 796. The summed E-state index contributed by atoms with van der Waals surface area (Å²) in [5.41, 5.74) is 3.14. The van der Waals surface area contributed by atoms with Crippen LogP contribution in [0.1, 0.15) is 44.7 Å². The highest BCUT2D eigenvalue weighted by Gasteiger charge is 2.19. The third-order valence-electron chi connectivity index (χ3n) is 4.45. The molecule has 1 aliphatic carbocycles. The fraction of sp³-hybridized carbons (Fsp3) is 0.450. The number of hydrogen-bond donors (Lipinski definition) is 1. The second kappa shape index (κ2) is 9.80. The molecule has 0 unspecified atom stereocenters. The molecule has 1 amide bonds. The van der Waals surface area contributed by atoms with Crippen LogP contribution in [0, 0.1) is 0 Å². The Morgan fingerprint density at radius 3 is 2.96 bits per heavy atom. The molecule has 27 heavy (non-hydrogen) atoms. The SMILES string of the molecule is C[C@@H](OC(=O)Cc1csc(-c2ccsc2)n1)C(=O)NCCC1=CCCCC1. The van der Waals surface area contributed by atoms with Crippen LogP contribution in [0.25, 0.3) is 10.6 Å². The monoisotopic (exact) mass is 404 g/mol. The van der Waals surface area contributed by atoms with Gasteiger partial charge in [-0.25, -0.2) is 4.98 Å². The number of rotatable bonds is 8. The molecule has 144 valence electrons. The average molecular weight is 405 g/mol. The summed E-state index contributed by atoms with van der Waals surface area (Å²) in [6.45, 7) is 2.19. The van der Waals surface area contributed by atoms with Gasteiger partial charge in [-0.2, -0.15) is 11.3 Å². The summed E-state index contributed by atoms with van der Waals surface area (Å²) in [5.74, 6) is -0.688. The number of allylic oxidation sites excluding steroid dienone is 1. The van der Waals surface area contributed by atoms with E-state index in [0.717, 1.165) is 29.8 Å². The Morgan fingerprint density at radius 1 is 1.33 bits per heavy atom. The molecule has 1 aliphatic rings. The van der Waals surface area contributed by atoms with Crippen molar-refractivity contribution in [1.82, 2.24) is 10.3 Å². The summed E-state index contributed by atoms with van der Waals surface area (Å²) < 4.78 is 5.26. The molecular weight excluding hydrogens is 380 g/mol. The van der Waals surface area contributed by atoms with Crippen molar-refractivity contribution < 1.29 is 14.3 Å². The maximum Gasteiger partial charge on any atom is 0.312 e. The van der Waals surface area contributed by atoms with Gasteiger partial charge >= 0.3 is 5.97 Å². The van der Waals surface area contributed by atoms with Crippen LogP contribution in [0.2, 0.25) is 0 Å². The van der Waals surface area contributed by atoms with Crippen molar-refractivity contribution >= 4 is 34.6 Å². The second-order valence-corrected chi connectivity index (χ2v) is 8.25. The Hall–Kier alpha value is -1.99. The lowest BCUT2D eigenvalue weighted by Crippen LogP contribution is -2.36. The standard InChI is InChI=1S/C20H24N2O3S2/c1-14(19(24)21-9-7-15-5-3-2-4-6-15)25-18(23)11-17-13-27-20(22-17)16-8-10-26-12-16/h5,8,10,12-14H,2-4,6-7,9,11H2,1H3,(H,21,24)/t14-/m1/s1. The summed E-state index contributed by atoms with van der Waals surface area (Å²) in [6.07, 6.45) is 7.19. The van der Waals surface area contributed by atoms with Crippen molar-refractivity contribution in [2.45, 2.75) is 51.6 Å². The first-order valence-corrected chi connectivity index (χ1v) is 11.1. The van der Waals surface area contributed by atoms with Crippen molar-refractivity contribution in [2.75, 3.05) is 6.54 Å². The largest absolute Gasteiger partial charge is 0.452 e. The van der Waals surface area contributed by atoms with Crippen LogP contribution >= 0.6 is 22.7 Å². The fourth-order valence-electron chi connectivity index (χ4n) is 2.97. The third-order valence-corrected chi connectivity index (χ3v) is 6.08. The van der Waals surface area contributed by atoms with E-state index in [2.05, 4.69) is 16.4 Å². The van der Waals surface area contributed by atoms with Crippen LogP contribution in [-0.4, -0.2) is 29.5 Å². The number of thiazole rings is 1. The minimum absolute atomic E-state index is 0.0745. The quantitative estimate of drug-likeness (QED) is 0.524. The highest BCUT2D eigenvalue weighted by molar-refractivity contribution is 7.14. The molecule has 0 fully saturated rings. The number of nitrogens with one attached hydrogen (secondary N) is 1. The zero-order valence-corrected chi connectivity index (χ0v) is 17.0. The van der Waals surface area contributed by atoms with Crippen LogP contribution < -0.4 is 5.32 Å². The number of aromatic nitrogens is 1. The van der Waals surface area contributed by atoms with Gasteiger partial charge in [-0.3, -0.25) is 9.59 Å². The van der Waals surface area contributed by atoms with Gasteiger partial charge in [-0.05, 0) is 50.5 Å². The molecule has 5 nitrogen and oxygen atoms in total. The summed E-state index contributed by atoms with van der Waals surface area (Å²) in [4.78, 5) is 28.7. The highest BCUT2D eigenvalue weighted by Crippen LogP contribution is 2.26. The van der Waals surface area contributed by atoms with Gasteiger partial charge in [-0.15, -0.1) is 11.3 Å². The van der Waals surface area contributed by atoms with Crippen molar-refractivity contribution in [3.8, 4) is 10.6 Å². The Kier molecular flexibility index (Phi) is 7.18. The molecule has 0 saturated carbocycles. The summed E-state index contributed by atoms with van der Waals surface area (Å²) in [6, 6.07) is 2.00. The van der Waals surface area contributed by atoms with Gasteiger partial charge in [0.1, 0.15) is 5.01 Å². The van der Waals surface area contributed by atoms with Gasteiger partial charge in [0.05, 0.1) is 12.1 Å². The highest BCUT2D eigenvalue weighted by atomic mass is 32.1. The molecule has 0 bridgehead atoms. The molecule has 2 heterocycles. The molecule has 2 aromatic rings. The van der Waals surface area contributed by atoms with E-state index in [1.54, 1.807) is 18.3 Å². The number of thiophene rings is 1. The van der Waals surface area contributed by atoms with E-state index in [1.807, 2.05) is 22.2 Å². The van der Waals surface area contributed by atoms with Crippen molar-refractivity contribution in [3.05, 3.63) is 39.5 Å². The van der Waals surface area contributed by atoms with Crippen LogP contribution in [0.15, 0.2) is 33.9 Å². The minimum Gasteiger partial charge on any atom is -0.452 e. The molecular formula is C20H24N2O3S2. The molecule has 2 aromatic heterocycles. The van der Waals surface area contributed by atoms with Crippen LogP contribution in [0.4, 0.5) is 0 Å². The molecule has 7 heteroatoms. The molecule has 0 radical (unpaired) electrons. The summed E-state index contributed by atoms with van der Waals surface area (Å²) in [7, 11) is 0. The molecule has 1 atom stereocenters. The number of esters is 1. The number of nitrogens with zero attached hydrogens (tertiary/aromatic N) is 1. The zero-order valence-electron chi connectivity index (χ0n) is 15.4. The van der Waals surface area contributed by atoms with Crippen LogP contribution in [0.3, 0.4) is 0 Å². The predicted octanol–water partition coefficient (Wildman–Crippen LogP) is 4.35. The van der Waals surface area contributed by atoms with Crippen molar-refractivity contribution in [2.24, 2.45) is 0 Å². The molecule has 3 rings (SSSR count). The van der Waals surface area contributed by atoms with Gasteiger partial charge in [0.15, 0.2) is 6.10 Å². The van der Waals surface area contributed by atoms with Crippen molar-refractivity contribution in [3.63, 3.8) is 0 Å². The molecule has 0 aliphatic heterocycles. The number of ether oxygens (including phenoxy) is 1. The lowest BCUT2D eigenvalue weighted by Gasteiger charge is -2.15. The lowest BCUT2D eigenvalue weighted by atomic mass is 9.97. The van der Waals surface area contributed by atoms with Crippen LogP contribution in [-0.2, 0) is 20.7 Å². The summed E-state index contributed by atoms with van der Waals surface area (Å²) >= 11 is 3.11. The van der Waals surface area contributed by atoms with Gasteiger partial charge in [0, 0.05) is 22.9 Å². The molecule has 0 saturated heterocycles. The first-order chi connectivity index (χ1) is 13.1. The first-order valence-electron chi connectivity index (χ1n) is 9.24. The first kappa shape index (κ1) is 19.8. The number of carbonyl (C=O) groups is 2.